The number of rotatable bonds is 4. The largest absolute Gasteiger partial charge is 0.378 e. The first kappa shape index (κ1) is 11.9. The lowest BCUT2D eigenvalue weighted by Crippen LogP contribution is -2.36. The van der Waals surface area contributed by atoms with Crippen molar-refractivity contribution in [3.05, 3.63) is 0 Å². The van der Waals surface area contributed by atoms with Crippen molar-refractivity contribution in [3.63, 3.8) is 0 Å². The standard InChI is InChI=1S/C12H22N2O2/c15-12(14-10-6-7-13-9-10)5-4-11-3-1-2-8-16-11/h10-11,13H,1-9H2,(H,14,15)/t10-,11?/m1/s1. The molecule has 1 unspecified atom stereocenters. The molecule has 2 atom stereocenters. The van der Waals surface area contributed by atoms with Crippen LogP contribution in [0.25, 0.3) is 0 Å². The Labute approximate surface area is 97.1 Å². The SMILES string of the molecule is O=C(CCC1CCCCO1)N[C@@H]1CCNC1. The second-order valence-electron chi connectivity index (χ2n) is 4.78. The number of carbonyl (C=O) groups is 1. The molecule has 2 rings (SSSR count). The van der Waals surface area contributed by atoms with Crippen molar-refractivity contribution in [2.24, 2.45) is 0 Å². The van der Waals surface area contributed by atoms with Crippen LogP contribution in [0.5, 0.6) is 0 Å². The molecule has 2 saturated heterocycles. The van der Waals surface area contributed by atoms with E-state index >= 15 is 0 Å². The molecule has 0 aromatic rings. The molecule has 0 aromatic heterocycles. The van der Waals surface area contributed by atoms with Crippen molar-refractivity contribution in [1.29, 1.82) is 0 Å². The smallest absolute Gasteiger partial charge is 0.220 e. The van der Waals surface area contributed by atoms with Gasteiger partial charge in [0.15, 0.2) is 0 Å². The van der Waals surface area contributed by atoms with Crippen LogP contribution in [-0.4, -0.2) is 37.7 Å². The van der Waals surface area contributed by atoms with Gasteiger partial charge in [0.05, 0.1) is 6.10 Å². The Hall–Kier alpha value is -0.610. The Bertz CT molecular complexity index is 221. The third-order valence-electron chi connectivity index (χ3n) is 3.39. The summed E-state index contributed by atoms with van der Waals surface area (Å²) in [6.45, 7) is 2.82. The summed E-state index contributed by atoms with van der Waals surface area (Å²) < 4.78 is 5.61. The van der Waals surface area contributed by atoms with Crippen LogP contribution >= 0.6 is 0 Å². The second kappa shape index (κ2) is 6.21. The molecule has 0 aliphatic carbocycles. The van der Waals surface area contributed by atoms with Gasteiger partial charge in [-0.3, -0.25) is 4.79 Å². The first-order valence-corrected chi connectivity index (χ1v) is 6.46. The maximum Gasteiger partial charge on any atom is 0.220 e. The van der Waals surface area contributed by atoms with Gasteiger partial charge < -0.3 is 15.4 Å². The van der Waals surface area contributed by atoms with E-state index in [1.54, 1.807) is 0 Å². The van der Waals surface area contributed by atoms with Gasteiger partial charge in [0.2, 0.25) is 5.91 Å². The van der Waals surface area contributed by atoms with Crippen LogP contribution in [0.4, 0.5) is 0 Å². The molecular formula is C12H22N2O2. The van der Waals surface area contributed by atoms with Crippen LogP contribution < -0.4 is 10.6 Å². The molecule has 2 heterocycles. The van der Waals surface area contributed by atoms with Crippen molar-refractivity contribution in [3.8, 4) is 0 Å². The minimum absolute atomic E-state index is 0.183. The Morgan fingerprint density at radius 2 is 2.31 bits per heavy atom. The third-order valence-corrected chi connectivity index (χ3v) is 3.39. The lowest BCUT2D eigenvalue weighted by Gasteiger charge is -2.22. The molecule has 2 N–H and O–H groups in total. The zero-order chi connectivity index (χ0) is 11.2. The lowest BCUT2D eigenvalue weighted by molar-refractivity contribution is -0.122. The minimum atomic E-state index is 0.183. The molecule has 2 fully saturated rings. The summed E-state index contributed by atoms with van der Waals surface area (Å²) in [5.74, 6) is 0.183. The van der Waals surface area contributed by atoms with Crippen molar-refractivity contribution < 1.29 is 9.53 Å². The Kier molecular flexibility index (Phi) is 4.60. The van der Waals surface area contributed by atoms with Crippen LogP contribution in [0.15, 0.2) is 0 Å². The van der Waals surface area contributed by atoms with Crippen LogP contribution in [0.2, 0.25) is 0 Å². The summed E-state index contributed by atoms with van der Waals surface area (Å²) in [6.07, 6.45) is 6.42. The van der Waals surface area contributed by atoms with Crippen molar-refractivity contribution in [1.82, 2.24) is 10.6 Å². The first-order chi connectivity index (χ1) is 7.84. The van der Waals surface area contributed by atoms with E-state index in [1.165, 1.54) is 12.8 Å². The van der Waals surface area contributed by atoms with E-state index in [9.17, 15) is 4.79 Å². The summed E-state index contributed by atoms with van der Waals surface area (Å²) in [6, 6.07) is 0.347. The van der Waals surface area contributed by atoms with Gasteiger partial charge in [-0.2, -0.15) is 0 Å². The van der Waals surface area contributed by atoms with Gasteiger partial charge in [-0.25, -0.2) is 0 Å². The summed E-state index contributed by atoms with van der Waals surface area (Å²) in [5.41, 5.74) is 0. The van der Waals surface area contributed by atoms with E-state index < -0.39 is 0 Å². The van der Waals surface area contributed by atoms with Crippen molar-refractivity contribution >= 4 is 5.91 Å². The van der Waals surface area contributed by atoms with Gasteiger partial charge in [-0.1, -0.05) is 0 Å². The van der Waals surface area contributed by atoms with Gasteiger partial charge in [0.25, 0.3) is 0 Å². The monoisotopic (exact) mass is 226 g/mol. The zero-order valence-corrected chi connectivity index (χ0v) is 9.84. The molecule has 16 heavy (non-hydrogen) atoms. The van der Waals surface area contributed by atoms with Crippen molar-refractivity contribution in [2.45, 2.75) is 50.7 Å². The highest BCUT2D eigenvalue weighted by Crippen LogP contribution is 2.16. The zero-order valence-electron chi connectivity index (χ0n) is 9.84. The van der Waals surface area contributed by atoms with Crippen LogP contribution in [0, 0.1) is 0 Å². The fourth-order valence-corrected chi connectivity index (χ4v) is 2.40. The normalized spacial score (nSPS) is 30.2. The Morgan fingerprint density at radius 1 is 1.38 bits per heavy atom. The second-order valence-corrected chi connectivity index (χ2v) is 4.78. The molecule has 0 radical (unpaired) electrons. The van der Waals surface area contributed by atoms with Crippen LogP contribution in [0.3, 0.4) is 0 Å². The molecule has 4 nitrogen and oxygen atoms in total. The summed E-state index contributed by atoms with van der Waals surface area (Å²) >= 11 is 0. The molecule has 0 saturated carbocycles. The predicted octanol–water partition coefficient (Wildman–Crippen LogP) is 0.814. The van der Waals surface area contributed by atoms with E-state index in [0.29, 0.717) is 18.6 Å². The van der Waals surface area contributed by atoms with E-state index in [2.05, 4.69) is 10.6 Å². The highest BCUT2D eigenvalue weighted by atomic mass is 16.5. The van der Waals surface area contributed by atoms with Crippen LogP contribution in [-0.2, 0) is 9.53 Å². The van der Waals surface area contributed by atoms with Gasteiger partial charge in [-0.05, 0) is 38.6 Å². The molecule has 2 aliphatic heterocycles. The number of amides is 1. The fraction of sp³-hybridized carbons (Fsp3) is 0.917. The maximum absolute atomic E-state index is 11.6. The highest BCUT2D eigenvalue weighted by Gasteiger charge is 2.18. The molecular weight excluding hydrogens is 204 g/mol. The number of hydrogen-bond donors (Lipinski definition) is 2. The van der Waals surface area contributed by atoms with Gasteiger partial charge in [0.1, 0.15) is 0 Å². The topological polar surface area (TPSA) is 50.4 Å². The number of ether oxygens (including phenoxy) is 1. The van der Waals surface area contributed by atoms with Gasteiger partial charge >= 0.3 is 0 Å². The summed E-state index contributed by atoms with van der Waals surface area (Å²) in [7, 11) is 0. The average molecular weight is 226 g/mol. The van der Waals surface area contributed by atoms with E-state index in [4.69, 9.17) is 4.74 Å². The highest BCUT2D eigenvalue weighted by molar-refractivity contribution is 5.76. The minimum Gasteiger partial charge on any atom is -0.378 e. The Morgan fingerprint density at radius 3 is 3.00 bits per heavy atom. The van der Waals surface area contributed by atoms with E-state index in [1.807, 2.05) is 0 Å². The number of carbonyl (C=O) groups excluding carboxylic acids is 1. The number of hydrogen-bond acceptors (Lipinski definition) is 3. The third kappa shape index (κ3) is 3.76. The molecule has 2 aliphatic rings. The summed E-state index contributed by atoms with van der Waals surface area (Å²) in [4.78, 5) is 11.6. The lowest BCUT2D eigenvalue weighted by atomic mass is 10.0. The number of nitrogens with one attached hydrogen (secondary N) is 2. The predicted molar refractivity (Wildman–Crippen MR) is 62.2 cm³/mol. The van der Waals surface area contributed by atoms with E-state index in [0.717, 1.165) is 39.0 Å². The van der Waals surface area contributed by atoms with E-state index in [-0.39, 0.29) is 5.91 Å². The Balaban J connectivity index is 1.59. The molecule has 92 valence electrons. The quantitative estimate of drug-likeness (QED) is 0.746. The van der Waals surface area contributed by atoms with Crippen LogP contribution in [0.1, 0.15) is 38.5 Å². The van der Waals surface area contributed by atoms with Gasteiger partial charge in [0, 0.05) is 25.6 Å². The molecule has 0 spiro atoms. The first-order valence-electron chi connectivity index (χ1n) is 6.46. The molecule has 4 heteroatoms. The average Bonchev–Trinajstić information content (AvgIpc) is 2.81. The summed E-state index contributed by atoms with van der Waals surface area (Å²) in [5, 5.41) is 6.31. The van der Waals surface area contributed by atoms with Gasteiger partial charge in [-0.15, -0.1) is 0 Å². The maximum atomic E-state index is 11.6. The van der Waals surface area contributed by atoms with Crippen molar-refractivity contribution in [2.75, 3.05) is 19.7 Å². The molecule has 0 bridgehead atoms. The molecule has 1 amide bonds. The molecule has 0 aromatic carbocycles. The fourth-order valence-electron chi connectivity index (χ4n) is 2.40.